The minimum atomic E-state index is -0.497. The van der Waals surface area contributed by atoms with Crippen LogP contribution >= 0.6 is 0 Å². The van der Waals surface area contributed by atoms with Crippen LogP contribution in [0.5, 0.6) is 11.6 Å². The highest BCUT2D eigenvalue weighted by molar-refractivity contribution is 5.78. The van der Waals surface area contributed by atoms with Crippen LogP contribution in [0.15, 0.2) is 30.6 Å². The van der Waals surface area contributed by atoms with Crippen molar-refractivity contribution in [2.75, 3.05) is 24.6 Å². The average molecular weight is 428 g/mol. The molecule has 1 aromatic carbocycles. The molecule has 1 unspecified atom stereocenters. The molecule has 0 spiro atoms. The van der Waals surface area contributed by atoms with E-state index in [9.17, 15) is 9.18 Å². The zero-order chi connectivity index (χ0) is 21.8. The molecule has 166 valence electrons. The van der Waals surface area contributed by atoms with Crippen molar-refractivity contribution >= 4 is 11.6 Å². The third kappa shape index (κ3) is 5.51. The smallest absolute Gasteiger partial charge is 0.255 e. The Morgan fingerprint density at radius 3 is 2.71 bits per heavy atom. The number of rotatable bonds is 10. The fourth-order valence-corrected chi connectivity index (χ4v) is 3.84. The van der Waals surface area contributed by atoms with Crippen LogP contribution in [0.25, 0.3) is 0 Å². The molecule has 2 heterocycles. The number of carbonyl (C=O) groups is 1. The summed E-state index contributed by atoms with van der Waals surface area (Å²) < 4.78 is 26.5. The number of hydrogen-bond acceptors (Lipinski definition) is 6. The van der Waals surface area contributed by atoms with E-state index in [4.69, 9.17) is 9.47 Å². The zero-order valence-electron chi connectivity index (χ0n) is 18.2. The largest absolute Gasteiger partial charge is 0.489 e. The van der Waals surface area contributed by atoms with Crippen LogP contribution in [-0.4, -0.2) is 41.6 Å². The summed E-state index contributed by atoms with van der Waals surface area (Å²) in [6.07, 6.45) is 5.51. The number of carbonyl (C=O) groups excluding carboxylic acids is 1. The molecule has 0 amide bonds. The van der Waals surface area contributed by atoms with E-state index in [-0.39, 0.29) is 29.5 Å². The standard InChI is InChI=1S/C24H30FN3O3/c1-3-19(29)12-16(2)18-6-8-20(9-7-18)31-21-10-11-28(13-21)23-22(25)24(27-15-26-23)30-14-17-4-5-17/h6-9,15-17,21H,3-5,10-14H2,1-2H3/t16-,21?/m1/s1. The van der Waals surface area contributed by atoms with Gasteiger partial charge in [0.1, 0.15) is 24.0 Å². The SMILES string of the molecule is CCC(=O)C[C@@H](C)c1ccc(OC2CCN(c3ncnc(OCC4CC4)c3F)C2)cc1. The number of nitrogens with zero attached hydrogens (tertiary/aromatic N) is 3. The van der Waals surface area contributed by atoms with Crippen LogP contribution in [0.2, 0.25) is 0 Å². The lowest BCUT2D eigenvalue weighted by molar-refractivity contribution is -0.119. The summed E-state index contributed by atoms with van der Waals surface area (Å²) in [5.74, 6) is 1.59. The topological polar surface area (TPSA) is 64.5 Å². The summed E-state index contributed by atoms with van der Waals surface area (Å²) in [5.41, 5.74) is 1.13. The summed E-state index contributed by atoms with van der Waals surface area (Å²) in [5, 5.41) is 0. The lowest BCUT2D eigenvalue weighted by atomic mass is 9.95. The second-order valence-corrected chi connectivity index (χ2v) is 8.61. The second kappa shape index (κ2) is 9.62. The van der Waals surface area contributed by atoms with Gasteiger partial charge in [0.25, 0.3) is 5.88 Å². The van der Waals surface area contributed by atoms with E-state index >= 15 is 0 Å². The second-order valence-electron chi connectivity index (χ2n) is 8.61. The molecular formula is C24H30FN3O3. The Kier molecular flexibility index (Phi) is 6.68. The first-order valence-corrected chi connectivity index (χ1v) is 11.2. The molecule has 2 aliphatic rings. The Hall–Kier alpha value is -2.70. The summed E-state index contributed by atoms with van der Waals surface area (Å²) in [6, 6.07) is 7.92. The summed E-state index contributed by atoms with van der Waals surface area (Å²) >= 11 is 0. The Labute approximate surface area is 182 Å². The molecule has 0 N–H and O–H groups in total. The zero-order valence-corrected chi connectivity index (χ0v) is 18.2. The van der Waals surface area contributed by atoms with Crippen LogP contribution in [0.1, 0.15) is 57.4 Å². The van der Waals surface area contributed by atoms with Crippen molar-refractivity contribution < 1.29 is 18.7 Å². The van der Waals surface area contributed by atoms with Gasteiger partial charge in [-0.3, -0.25) is 4.79 Å². The molecule has 2 fully saturated rings. The number of ketones is 1. The maximum absolute atomic E-state index is 14.8. The van der Waals surface area contributed by atoms with Crippen molar-refractivity contribution in [3.63, 3.8) is 0 Å². The molecule has 2 aromatic rings. The minimum absolute atomic E-state index is 0.0348. The van der Waals surface area contributed by atoms with Crippen LogP contribution in [-0.2, 0) is 4.79 Å². The van der Waals surface area contributed by atoms with Gasteiger partial charge in [-0.1, -0.05) is 26.0 Å². The van der Waals surface area contributed by atoms with Gasteiger partial charge in [-0.2, -0.15) is 9.37 Å². The Morgan fingerprint density at radius 2 is 2.00 bits per heavy atom. The third-order valence-electron chi connectivity index (χ3n) is 6.02. The van der Waals surface area contributed by atoms with Gasteiger partial charge in [0.15, 0.2) is 5.82 Å². The van der Waals surface area contributed by atoms with Gasteiger partial charge >= 0.3 is 0 Å². The van der Waals surface area contributed by atoms with E-state index in [1.807, 2.05) is 36.1 Å². The van der Waals surface area contributed by atoms with Crippen LogP contribution < -0.4 is 14.4 Å². The van der Waals surface area contributed by atoms with E-state index in [0.29, 0.717) is 38.5 Å². The number of anilines is 1. The van der Waals surface area contributed by atoms with Gasteiger partial charge in [-0.25, -0.2) is 4.98 Å². The van der Waals surface area contributed by atoms with E-state index in [1.165, 1.54) is 6.33 Å². The lowest BCUT2D eigenvalue weighted by Crippen LogP contribution is -2.26. The average Bonchev–Trinajstić information content (AvgIpc) is 3.50. The number of ether oxygens (including phenoxy) is 2. The van der Waals surface area contributed by atoms with Gasteiger partial charge < -0.3 is 14.4 Å². The van der Waals surface area contributed by atoms with Crippen molar-refractivity contribution in [3.8, 4) is 11.6 Å². The van der Waals surface area contributed by atoms with Crippen LogP contribution in [0, 0.1) is 11.7 Å². The molecule has 4 rings (SSSR count). The molecule has 1 aliphatic heterocycles. The predicted molar refractivity (Wildman–Crippen MR) is 116 cm³/mol. The van der Waals surface area contributed by atoms with Gasteiger partial charge in [0.05, 0.1) is 13.2 Å². The van der Waals surface area contributed by atoms with Gasteiger partial charge in [0, 0.05) is 25.8 Å². The molecule has 2 atom stereocenters. The molecule has 1 saturated carbocycles. The summed E-state index contributed by atoms with van der Waals surface area (Å²) in [7, 11) is 0. The van der Waals surface area contributed by atoms with Crippen molar-refractivity contribution in [1.29, 1.82) is 0 Å². The highest BCUT2D eigenvalue weighted by Crippen LogP contribution is 2.32. The Balaban J connectivity index is 1.33. The molecular weight excluding hydrogens is 397 g/mol. The van der Waals surface area contributed by atoms with E-state index < -0.39 is 5.82 Å². The minimum Gasteiger partial charge on any atom is -0.489 e. The third-order valence-corrected chi connectivity index (χ3v) is 6.02. The van der Waals surface area contributed by atoms with Crippen molar-refractivity contribution in [3.05, 3.63) is 42.0 Å². The maximum Gasteiger partial charge on any atom is 0.255 e. The molecule has 1 saturated heterocycles. The van der Waals surface area contributed by atoms with E-state index in [0.717, 1.165) is 30.6 Å². The summed E-state index contributed by atoms with van der Waals surface area (Å²) in [6.45, 7) is 5.69. The van der Waals surface area contributed by atoms with Crippen molar-refractivity contribution in [1.82, 2.24) is 9.97 Å². The maximum atomic E-state index is 14.8. The fourth-order valence-electron chi connectivity index (χ4n) is 3.84. The molecule has 1 aliphatic carbocycles. The fraction of sp³-hybridized carbons (Fsp3) is 0.542. The summed E-state index contributed by atoms with van der Waals surface area (Å²) in [4.78, 5) is 21.7. The predicted octanol–water partition coefficient (Wildman–Crippen LogP) is 4.53. The Morgan fingerprint density at radius 1 is 1.23 bits per heavy atom. The molecule has 0 bridgehead atoms. The van der Waals surface area contributed by atoms with Crippen molar-refractivity contribution in [2.45, 2.75) is 58.0 Å². The van der Waals surface area contributed by atoms with E-state index in [2.05, 4.69) is 16.9 Å². The first kappa shape index (κ1) is 21.5. The van der Waals surface area contributed by atoms with Gasteiger partial charge in [0.2, 0.25) is 5.82 Å². The highest BCUT2D eigenvalue weighted by atomic mass is 19.1. The first-order chi connectivity index (χ1) is 15.0. The molecule has 31 heavy (non-hydrogen) atoms. The van der Waals surface area contributed by atoms with E-state index in [1.54, 1.807) is 0 Å². The Bertz CT molecular complexity index is 901. The normalized spacial score (nSPS) is 19.3. The number of halogens is 1. The molecule has 6 nitrogen and oxygen atoms in total. The number of Topliss-reactive ketones (excluding diaryl/α,β-unsaturated/α-hetero) is 1. The first-order valence-electron chi connectivity index (χ1n) is 11.2. The van der Waals surface area contributed by atoms with Gasteiger partial charge in [-0.05, 0) is 42.4 Å². The quantitative estimate of drug-likeness (QED) is 0.555. The number of aromatic nitrogens is 2. The molecule has 0 radical (unpaired) electrons. The highest BCUT2D eigenvalue weighted by Gasteiger charge is 2.29. The monoisotopic (exact) mass is 427 g/mol. The molecule has 7 heteroatoms. The van der Waals surface area contributed by atoms with Crippen molar-refractivity contribution in [2.24, 2.45) is 5.92 Å². The lowest BCUT2D eigenvalue weighted by Gasteiger charge is -2.19. The van der Waals surface area contributed by atoms with Crippen LogP contribution in [0.4, 0.5) is 10.2 Å². The van der Waals surface area contributed by atoms with Gasteiger partial charge in [-0.15, -0.1) is 0 Å². The number of hydrogen-bond donors (Lipinski definition) is 0. The van der Waals surface area contributed by atoms with Crippen LogP contribution in [0.3, 0.4) is 0 Å². The molecule has 1 aromatic heterocycles. The number of benzene rings is 1.